The Morgan fingerprint density at radius 3 is 1.23 bits per heavy atom. The number of anilines is 6. The monoisotopic (exact) mass is 1050 g/mol. The van der Waals surface area contributed by atoms with E-state index in [0.29, 0.717) is 0 Å². The van der Waals surface area contributed by atoms with E-state index in [9.17, 15) is 0 Å². The molecule has 0 aliphatic heterocycles. The van der Waals surface area contributed by atoms with Crippen molar-refractivity contribution < 1.29 is 17.7 Å². The van der Waals surface area contributed by atoms with E-state index >= 15 is 0 Å². The topological polar surface area (TPSA) is 59.0 Å². The predicted molar refractivity (Wildman–Crippen MR) is 341 cm³/mol. The maximum atomic E-state index is 6.59. The minimum absolute atomic E-state index is 0.864. The van der Waals surface area contributed by atoms with Crippen LogP contribution in [0.25, 0.3) is 131 Å². The zero-order chi connectivity index (χ0) is 53.8. The number of nitrogens with zero attached hydrogens (tertiary/aromatic N) is 2. The zero-order valence-electron chi connectivity index (χ0n) is 44.1. The van der Waals surface area contributed by atoms with Crippen LogP contribution in [0.3, 0.4) is 0 Å². The summed E-state index contributed by atoms with van der Waals surface area (Å²) in [4.78, 5) is 4.71. The van der Waals surface area contributed by atoms with Crippen molar-refractivity contribution in [1.82, 2.24) is 0 Å². The van der Waals surface area contributed by atoms with Crippen LogP contribution in [0, 0.1) is 0 Å². The van der Waals surface area contributed by atoms with E-state index < -0.39 is 0 Å². The first-order valence-electron chi connectivity index (χ1n) is 27.7. The van der Waals surface area contributed by atoms with E-state index in [1.165, 1.54) is 43.1 Å². The smallest absolute Gasteiger partial charge is 0.159 e. The number of fused-ring (bicyclic) bond motifs is 18. The molecule has 0 amide bonds. The van der Waals surface area contributed by atoms with Gasteiger partial charge in [0, 0.05) is 65.9 Å². The van der Waals surface area contributed by atoms with E-state index in [-0.39, 0.29) is 0 Å². The lowest BCUT2D eigenvalue weighted by molar-refractivity contribution is 0.668. The number of rotatable bonds is 6. The molecule has 0 fully saturated rings. The molecule has 14 aromatic carbocycles. The van der Waals surface area contributed by atoms with E-state index in [4.69, 9.17) is 17.7 Å². The van der Waals surface area contributed by atoms with Crippen molar-refractivity contribution in [3.8, 4) is 0 Å². The highest BCUT2D eigenvalue weighted by molar-refractivity contribution is 6.20. The number of furan rings is 4. The zero-order valence-corrected chi connectivity index (χ0v) is 44.1. The van der Waals surface area contributed by atoms with Crippen molar-refractivity contribution in [1.29, 1.82) is 0 Å². The summed E-state index contributed by atoms with van der Waals surface area (Å²) in [5, 5.41) is 18.5. The van der Waals surface area contributed by atoms with Gasteiger partial charge in [-0.1, -0.05) is 188 Å². The van der Waals surface area contributed by atoms with Gasteiger partial charge in [0.1, 0.15) is 39.1 Å². The van der Waals surface area contributed by atoms with Gasteiger partial charge in [-0.3, -0.25) is 0 Å². The average molecular weight is 1050 g/mol. The van der Waals surface area contributed by atoms with Crippen LogP contribution in [-0.4, -0.2) is 0 Å². The van der Waals surface area contributed by atoms with E-state index in [1.54, 1.807) is 0 Å². The molecule has 0 unspecified atom stereocenters. The van der Waals surface area contributed by atoms with Crippen LogP contribution >= 0.6 is 0 Å². The maximum absolute atomic E-state index is 6.59. The molecule has 0 saturated carbocycles. The quantitative estimate of drug-likeness (QED) is 0.155. The molecule has 0 spiro atoms. The van der Waals surface area contributed by atoms with Crippen molar-refractivity contribution in [2.24, 2.45) is 0 Å². The van der Waals surface area contributed by atoms with Crippen LogP contribution < -0.4 is 9.80 Å². The van der Waals surface area contributed by atoms with Gasteiger partial charge in [-0.05, 0) is 117 Å². The normalized spacial score (nSPS) is 11.9. The van der Waals surface area contributed by atoms with Gasteiger partial charge in [0.15, 0.2) is 5.58 Å². The molecule has 0 aliphatic rings. The van der Waals surface area contributed by atoms with Gasteiger partial charge in [-0.2, -0.15) is 0 Å². The number of hydrogen-bond donors (Lipinski definition) is 0. The molecular formula is C76H46N2O4. The van der Waals surface area contributed by atoms with Gasteiger partial charge in [-0.15, -0.1) is 0 Å². The summed E-state index contributed by atoms with van der Waals surface area (Å²) in [7, 11) is 0. The second kappa shape index (κ2) is 18.2. The molecule has 0 N–H and O–H groups in total. The number of hydrogen-bond acceptors (Lipinski definition) is 6. The summed E-state index contributed by atoms with van der Waals surface area (Å²) < 4.78 is 25.5. The van der Waals surface area contributed by atoms with E-state index in [1.807, 2.05) is 48.5 Å². The van der Waals surface area contributed by atoms with Crippen LogP contribution in [0.1, 0.15) is 0 Å². The molecule has 18 rings (SSSR count). The molecular weight excluding hydrogens is 1000 g/mol. The highest BCUT2D eigenvalue weighted by Gasteiger charge is 2.25. The molecule has 384 valence electrons. The fraction of sp³-hybridized carbons (Fsp3) is 0. The van der Waals surface area contributed by atoms with Crippen molar-refractivity contribution in [2.75, 3.05) is 9.80 Å². The summed E-state index contributed by atoms with van der Waals surface area (Å²) in [5.74, 6) is 0. The van der Waals surface area contributed by atoms with Crippen molar-refractivity contribution in [3.63, 3.8) is 0 Å². The molecule has 0 saturated heterocycles. The van der Waals surface area contributed by atoms with Gasteiger partial charge in [0.2, 0.25) is 0 Å². The van der Waals surface area contributed by atoms with E-state index in [0.717, 1.165) is 122 Å². The fourth-order valence-electron chi connectivity index (χ4n) is 12.8. The number of benzene rings is 14. The predicted octanol–water partition coefficient (Wildman–Crippen LogP) is 22.5. The summed E-state index contributed by atoms with van der Waals surface area (Å²) in [6.45, 7) is 0. The third kappa shape index (κ3) is 7.15. The van der Waals surface area contributed by atoms with Gasteiger partial charge in [0.25, 0.3) is 0 Å². The minimum atomic E-state index is 0.864. The lowest BCUT2D eigenvalue weighted by atomic mass is 9.98. The van der Waals surface area contributed by atoms with Crippen LogP contribution in [0.4, 0.5) is 34.1 Å². The lowest BCUT2D eigenvalue weighted by Crippen LogP contribution is -2.11. The molecule has 6 heteroatoms. The Kier molecular flexibility index (Phi) is 10.2. The summed E-state index contributed by atoms with van der Waals surface area (Å²) >= 11 is 0. The lowest BCUT2D eigenvalue weighted by Gasteiger charge is -2.28. The molecule has 0 radical (unpaired) electrons. The Balaban J connectivity index is 0.000000130. The summed E-state index contributed by atoms with van der Waals surface area (Å²) in [6, 6.07) is 98.0. The third-order valence-electron chi connectivity index (χ3n) is 16.5. The Labute approximate surface area is 469 Å². The van der Waals surface area contributed by atoms with Crippen LogP contribution in [0.15, 0.2) is 297 Å². The van der Waals surface area contributed by atoms with Gasteiger partial charge in [0.05, 0.1) is 28.1 Å². The first-order valence-corrected chi connectivity index (χ1v) is 27.7. The SMILES string of the molecule is c1ccc2c(c1)cc(N(c1ccc3c(c1)oc1ccccc13)c1cccc3oc4ccccc4c13)c1ccccc12.c1ccc2c(c1)cc(N(c1ccc3oc4ccccc4c3c1)c1cccc3c1oc1ccccc13)c1ccccc12. The van der Waals surface area contributed by atoms with Crippen LogP contribution in [0.2, 0.25) is 0 Å². The van der Waals surface area contributed by atoms with Gasteiger partial charge < -0.3 is 27.5 Å². The second-order valence-corrected chi connectivity index (χ2v) is 21.1. The molecule has 0 atom stereocenters. The Hall–Kier alpha value is -11.1. The first-order chi connectivity index (χ1) is 40.7. The van der Waals surface area contributed by atoms with Crippen molar-refractivity contribution >= 4 is 165 Å². The van der Waals surface area contributed by atoms with Crippen molar-refractivity contribution in [2.45, 2.75) is 0 Å². The van der Waals surface area contributed by atoms with Gasteiger partial charge in [-0.25, -0.2) is 0 Å². The van der Waals surface area contributed by atoms with E-state index in [2.05, 4.69) is 240 Å². The Morgan fingerprint density at radius 1 is 0.195 bits per heavy atom. The van der Waals surface area contributed by atoms with Crippen LogP contribution in [0.5, 0.6) is 0 Å². The molecule has 4 aromatic heterocycles. The average Bonchev–Trinajstić information content (AvgIpc) is 3.83. The second-order valence-electron chi connectivity index (χ2n) is 21.1. The standard InChI is InChI=1S/2C38H23NO2/c1-2-11-26-24(10-1)22-34(28-13-4-3-12-27(26)28)39(25-20-21-37-32(23-25)30-15-6-7-18-35(30)40-37)33-17-9-16-31-29-14-5-8-19-36(29)41-38(31)33;1-2-11-26-24(10-1)22-33(28-13-4-3-12-27(26)28)39(25-20-21-30-29-14-5-7-17-34(29)41-37(30)23-25)32-16-9-19-36-38(32)31-15-6-8-18-35(31)40-36/h2*1-23H. The highest BCUT2D eigenvalue weighted by Crippen LogP contribution is 2.50. The molecule has 82 heavy (non-hydrogen) atoms. The molecule has 0 bridgehead atoms. The molecule has 18 aromatic rings. The summed E-state index contributed by atoms with van der Waals surface area (Å²) in [6.07, 6.45) is 0. The van der Waals surface area contributed by atoms with Gasteiger partial charge >= 0.3 is 0 Å². The minimum Gasteiger partial charge on any atom is -0.456 e. The van der Waals surface area contributed by atoms with Crippen LogP contribution in [-0.2, 0) is 0 Å². The first kappa shape index (κ1) is 45.9. The van der Waals surface area contributed by atoms with Crippen molar-refractivity contribution in [3.05, 3.63) is 279 Å². The third-order valence-corrected chi connectivity index (χ3v) is 16.5. The maximum Gasteiger partial charge on any atom is 0.159 e. The largest absolute Gasteiger partial charge is 0.456 e. The fourth-order valence-corrected chi connectivity index (χ4v) is 12.8. The molecule has 6 nitrogen and oxygen atoms in total. The molecule has 4 heterocycles. The Morgan fingerprint density at radius 2 is 0.585 bits per heavy atom. The Bertz CT molecular complexity index is 5580. The highest BCUT2D eigenvalue weighted by atomic mass is 16.3. The summed E-state index contributed by atoms with van der Waals surface area (Å²) in [5.41, 5.74) is 13.3. The number of para-hydroxylation sites is 5. The molecule has 0 aliphatic carbocycles.